The lowest BCUT2D eigenvalue weighted by Crippen LogP contribution is -2.32. The van der Waals surface area contributed by atoms with E-state index in [2.05, 4.69) is 22.9 Å². The third-order valence-electron chi connectivity index (χ3n) is 5.11. The van der Waals surface area contributed by atoms with Crippen LogP contribution in [0, 0.1) is 5.82 Å². The summed E-state index contributed by atoms with van der Waals surface area (Å²) >= 11 is 0. The van der Waals surface area contributed by atoms with Crippen molar-refractivity contribution in [2.45, 2.75) is 19.8 Å². The van der Waals surface area contributed by atoms with Crippen molar-refractivity contribution in [3.8, 4) is 11.5 Å². The number of hydrogen-bond acceptors (Lipinski definition) is 5. The molecule has 3 aromatic carbocycles. The largest absolute Gasteiger partial charge is 0.495 e. The molecule has 0 radical (unpaired) electrons. The van der Waals surface area contributed by atoms with Gasteiger partial charge in [-0.05, 0) is 67.1 Å². The first-order valence-electron chi connectivity index (χ1n) is 11.5. The van der Waals surface area contributed by atoms with Gasteiger partial charge in [0.1, 0.15) is 17.3 Å². The van der Waals surface area contributed by atoms with E-state index in [9.17, 15) is 18.8 Å². The Morgan fingerprint density at radius 3 is 2.36 bits per heavy atom. The number of ether oxygens (including phenoxy) is 2. The summed E-state index contributed by atoms with van der Waals surface area (Å²) in [6, 6.07) is 16.6. The molecule has 0 bridgehead atoms. The molecule has 0 saturated carbocycles. The highest BCUT2D eigenvalue weighted by molar-refractivity contribution is 6.05. The van der Waals surface area contributed by atoms with Crippen molar-refractivity contribution in [2.75, 3.05) is 30.9 Å². The Hall–Kier alpha value is -4.40. The average Bonchev–Trinajstić information content (AvgIpc) is 2.88. The zero-order valence-electron chi connectivity index (χ0n) is 20.1. The van der Waals surface area contributed by atoms with E-state index >= 15 is 0 Å². The molecule has 0 atom stereocenters. The summed E-state index contributed by atoms with van der Waals surface area (Å²) in [5, 5.41) is 7.87. The molecule has 0 aliphatic carbocycles. The molecule has 3 N–H and O–H groups in total. The van der Waals surface area contributed by atoms with Gasteiger partial charge in [0.2, 0.25) is 5.91 Å². The van der Waals surface area contributed by atoms with E-state index < -0.39 is 23.5 Å². The van der Waals surface area contributed by atoms with Crippen LogP contribution in [0.1, 0.15) is 40.5 Å². The molecule has 0 heterocycles. The standard InChI is InChI=1S/C27H28FN3O5/c1-3-4-14-36-22-11-8-18(9-12-22)26(33)29-17-25(32)30-21-10-13-24(35-2)23(16-21)31-27(34)19-6-5-7-20(28)15-19/h5-13,15-16H,3-4,14,17H2,1-2H3,(H,29,33)(H,30,32)(H,31,34). The van der Waals surface area contributed by atoms with E-state index in [1.165, 1.54) is 31.4 Å². The minimum absolute atomic E-state index is 0.134. The third-order valence-corrected chi connectivity index (χ3v) is 5.11. The maximum Gasteiger partial charge on any atom is 0.255 e. The molecular weight excluding hydrogens is 465 g/mol. The molecule has 0 fully saturated rings. The molecule has 0 aliphatic rings. The van der Waals surface area contributed by atoms with Crippen LogP contribution < -0.4 is 25.4 Å². The molecule has 3 aromatic rings. The highest BCUT2D eigenvalue weighted by Gasteiger charge is 2.13. The molecule has 0 unspecified atom stereocenters. The van der Waals surface area contributed by atoms with Crippen molar-refractivity contribution in [2.24, 2.45) is 0 Å². The van der Waals surface area contributed by atoms with Crippen LogP contribution in [0.4, 0.5) is 15.8 Å². The van der Waals surface area contributed by atoms with Gasteiger partial charge in [-0.25, -0.2) is 4.39 Å². The summed E-state index contributed by atoms with van der Waals surface area (Å²) < 4.78 is 24.3. The number of hydrogen-bond donors (Lipinski definition) is 3. The monoisotopic (exact) mass is 493 g/mol. The third kappa shape index (κ3) is 7.56. The molecule has 9 heteroatoms. The van der Waals surface area contributed by atoms with E-state index in [1.807, 2.05) is 0 Å². The number of amides is 3. The molecular formula is C27H28FN3O5. The number of methoxy groups -OCH3 is 1. The lowest BCUT2D eigenvalue weighted by Gasteiger charge is -2.13. The second kappa shape index (κ2) is 12.9. The van der Waals surface area contributed by atoms with Crippen LogP contribution in [0.3, 0.4) is 0 Å². The van der Waals surface area contributed by atoms with Crippen LogP contribution in [0.5, 0.6) is 11.5 Å². The Morgan fingerprint density at radius 1 is 0.889 bits per heavy atom. The van der Waals surface area contributed by atoms with Crippen molar-refractivity contribution >= 4 is 29.1 Å². The molecule has 8 nitrogen and oxygen atoms in total. The van der Waals surface area contributed by atoms with Crippen molar-refractivity contribution in [1.29, 1.82) is 0 Å². The molecule has 0 aliphatic heterocycles. The molecule has 0 aromatic heterocycles. The van der Waals surface area contributed by atoms with Gasteiger partial charge < -0.3 is 25.4 Å². The van der Waals surface area contributed by atoms with E-state index in [-0.39, 0.29) is 17.8 Å². The molecule has 0 spiro atoms. The van der Waals surface area contributed by atoms with E-state index in [0.29, 0.717) is 29.4 Å². The van der Waals surface area contributed by atoms with Crippen molar-refractivity contribution in [3.63, 3.8) is 0 Å². The first-order valence-corrected chi connectivity index (χ1v) is 11.5. The van der Waals surface area contributed by atoms with Gasteiger partial charge in [0.15, 0.2) is 0 Å². The van der Waals surface area contributed by atoms with Gasteiger partial charge in [-0.15, -0.1) is 0 Å². The predicted molar refractivity (Wildman–Crippen MR) is 135 cm³/mol. The second-order valence-corrected chi connectivity index (χ2v) is 7.84. The fourth-order valence-corrected chi connectivity index (χ4v) is 3.21. The summed E-state index contributed by atoms with van der Waals surface area (Å²) in [6.45, 7) is 2.43. The lowest BCUT2D eigenvalue weighted by atomic mass is 10.2. The molecule has 36 heavy (non-hydrogen) atoms. The number of halogens is 1. The van der Waals surface area contributed by atoms with E-state index in [0.717, 1.165) is 18.9 Å². The number of unbranched alkanes of at least 4 members (excludes halogenated alkanes) is 1. The number of carbonyl (C=O) groups is 3. The Bertz CT molecular complexity index is 1210. The molecule has 0 saturated heterocycles. The first kappa shape index (κ1) is 26.2. The topological polar surface area (TPSA) is 106 Å². The maximum atomic E-state index is 13.4. The van der Waals surface area contributed by atoms with Gasteiger partial charge in [0.25, 0.3) is 11.8 Å². The first-order chi connectivity index (χ1) is 17.4. The molecule has 3 amide bonds. The summed E-state index contributed by atoms with van der Waals surface area (Å²) in [7, 11) is 1.44. The molecule has 188 valence electrons. The van der Waals surface area contributed by atoms with Crippen molar-refractivity contribution < 1.29 is 28.2 Å². The predicted octanol–water partition coefficient (Wildman–Crippen LogP) is 4.63. The highest BCUT2D eigenvalue weighted by atomic mass is 19.1. The lowest BCUT2D eigenvalue weighted by molar-refractivity contribution is -0.115. The zero-order chi connectivity index (χ0) is 25.9. The fraction of sp³-hybridized carbons (Fsp3) is 0.222. The van der Waals surface area contributed by atoms with Gasteiger partial charge in [-0.3, -0.25) is 14.4 Å². The Morgan fingerprint density at radius 2 is 1.67 bits per heavy atom. The number of rotatable bonds is 11. The van der Waals surface area contributed by atoms with Gasteiger partial charge in [0.05, 0.1) is 25.9 Å². The van der Waals surface area contributed by atoms with Crippen molar-refractivity contribution in [1.82, 2.24) is 5.32 Å². The SMILES string of the molecule is CCCCOc1ccc(C(=O)NCC(=O)Nc2ccc(OC)c(NC(=O)c3cccc(F)c3)c2)cc1. The van der Waals surface area contributed by atoms with Gasteiger partial charge in [-0.1, -0.05) is 19.4 Å². The minimum atomic E-state index is -0.537. The van der Waals surface area contributed by atoms with Crippen LogP contribution in [-0.2, 0) is 4.79 Å². The van der Waals surface area contributed by atoms with Crippen LogP contribution in [0.15, 0.2) is 66.7 Å². The molecule has 3 rings (SSSR count). The van der Waals surface area contributed by atoms with Crippen LogP contribution in [0.25, 0.3) is 0 Å². The Balaban J connectivity index is 1.56. The average molecular weight is 494 g/mol. The van der Waals surface area contributed by atoms with Gasteiger partial charge in [-0.2, -0.15) is 0 Å². The number of nitrogens with one attached hydrogen (secondary N) is 3. The van der Waals surface area contributed by atoms with Crippen LogP contribution in [0.2, 0.25) is 0 Å². The summed E-state index contributed by atoms with van der Waals surface area (Å²) in [5.74, 6) is -0.900. The van der Waals surface area contributed by atoms with E-state index in [1.54, 1.807) is 36.4 Å². The Kier molecular flexibility index (Phi) is 9.39. The number of anilines is 2. The summed E-state index contributed by atoms with van der Waals surface area (Å²) in [6.07, 6.45) is 1.98. The summed E-state index contributed by atoms with van der Waals surface area (Å²) in [5.41, 5.74) is 1.19. The van der Waals surface area contributed by atoms with Gasteiger partial charge >= 0.3 is 0 Å². The Labute approximate surface area is 208 Å². The quantitative estimate of drug-likeness (QED) is 0.338. The second-order valence-electron chi connectivity index (χ2n) is 7.84. The normalized spacial score (nSPS) is 10.3. The van der Waals surface area contributed by atoms with Crippen molar-refractivity contribution in [3.05, 3.63) is 83.7 Å². The number of carbonyl (C=O) groups excluding carboxylic acids is 3. The van der Waals surface area contributed by atoms with Crippen LogP contribution in [-0.4, -0.2) is 38.0 Å². The van der Waals surface area contributed by atoms with E-state index in [4.69, 9.17) is 9.47 Å². The van der Waals surface area contributed by atoms with Crippen LogP contribution >= 0.6 is 0 Å². The number of benzene rings is 3. The van der Waals surface area contributed by atoms with Gasteiger partial charge in [0, 0.05) is 16.8 Å². The fourth-order valence-electron chi connectivity index (χ4n) is 3.21. The minimum Gasteiger partial charge on any atom is -0.495 e. The maximum absolute atomic E-state index is 13.4. The summed E-state index contributed by atoms with van der Waals surface area (Å²) in [4.78, 5) is 37.2. The highest BCUT2D eigenvalue weighted by Crippen LogP contribution is 2.28. The zero-order valence-corrected chi connectivity index (χ0v) is 20.1. The smallest absolute Gasteiger partial charge is 0.255 e.